The Balaban J connectivity index is 2.49. The fourth-order valence-corrected chi connectivity index (χ4v) is 2.46. The normalized spacial score (nSPS) is 11.8. The predicted molar refractivity (Wildman–Crippen MR) is 77.7 cm³/mol. The first-order chi connectivity index (χ1) is 9.49. The molecule has 0 amide bonds. The highest BCUT2D eigenvalue weighted by molar-refractivity contribution is 7.87. The molecule has 0 atom stereocenters. The highest BCUT2D eigenvalue weighted by Crippen LogP contribution is 2.07. The molecule has 0 spiro atoms. The summed E-state index contributed by atoms with van der Waals surface area (Å²) in [6, 6.07) is 3.47. The van der Waals surface area contributed by atoms with Crippen LogP contribution in [0.4, 0.5) is 0 Å². The molecule has 0 radical (unpaired) electrons. The van der Waals surface area contributed by atoms with Gasteiger partial charge in [-0.1, -0.05) is 6.07 Å². The van der Waals surface area contributed by atoms with Crippen LogP contribution in [0.25, 0.3) is 0 Å². The largest absolute Gasteiger partial charge is 0.481 e. The van der Waals surface area contributed by atoms with Crippen molar-refractivity contribution >= 4 is 10.2 Å². The van der Waals surface area contributed by atoms with Gasteiger partial charge in [0.25, 0.3) is 10.2 Å². The van der Waals surface area contributed by atoms with E-state index in [1.807, 2.05) is 7.05 Å². The lowest BCUT2D eigenvalue weighted by Crippen LogP contribution is -2.38. The topological polar surface area (TPSA) is 83.6 Å². The van der Waals surface area contributed by atoms with Crippen molar-refractivity contribution in [2.45, 2.75) is 13.0 Å². The summed E-state index contributed by atoms with van der Waals surface area (Å²) in [5, 5.41) is 2.98. The second-order valence-corrected chi connectivity index (χ2v) is 6.18. The average Bonchev–Trinajstić information content (AvgIpc) is 2.46. The fraction of sp³-hybridized carbons (Fsp3) is 0.583. The summed E-state index contributed by atoms with van der Waals surface area (Å²) < 4.78 is 32.7. The van der Waals surface area contributed by atoms with Crippen LogP contribution in [-0.2, 0) is 16.8 Å². The molecule has 1 heterocycles. The van der Waals surface area contributed by atoms with E-state index >= 15 is 0 Å². The second kappa shape index (κ2) is 8.15. The van der Waals surface area contributed by atoms with Crippen LogP contribution in [0.5, 0.6) is 5.88 Å². The van der Waals surface area contributed by atoms with Crippen molar-refractivity contribution in [3.05, 3.63) is 23.9 Å². The molecule has 0 aliphatic carbocycles. The first-order valence-electron chi connectivity index (χ1n) is 6.34. The third kappa shape index (κ3) is 5.41. The number of aromatic nitrogens is 1. The molecule has 0 aliphatic rings. The van der Waals surface area contributed by atoms with E-state index in [9.17, 15) is 8.42 Å². The van der Waals surface area contributed by atoms with E-state index in [0.29, 0.717) is 12.4 Å². The molecule has 2 N–H and O–H groups in total. The van der Waals surface area contributed by atoms with Crippen LogP contribution in [0, 0.1) is 0 Å². The van der Waals surface area contributed by atoms with Crippen molar-refractivity contribution in [3.63, 3.8) is 0 Å². The molecule has 114 valence electrons. The SMILES string of the molecule is CNCCCN(C)S(=O)(=O)NCc1ccc(OC)nc1. The van der Waals surface area contributed by atoms with E-state index in [2.05, 4.69) is 15.0 Å². The fourth-order valence-electron chi connectivity index (χ4n) is 1.52. The Labute approximate surface area is 120 Å². The number of nitrogens with zero attached hydrogens (tertiary/aromatic N) is 2. The van der Waals surface area contributed by atoms with E-state index in [4.69, 9.17) is 4.74 Å². The molecule has 0 saturated heterocycles. The molecule has 0 aromatic carbocycles. The quantitative estimate of drug-likeness (QED) is 0.626. The standard InChI is InChI=1S/C12H22N4O3S/c1-13-7-4-8-16(2)20(17,18)15-10-11-5-6-12(19-3)14-9-11/h5-6,9,13,15H,4,7-8,10H2,1-3H3. The van der Waals surface area contributed by atoms with Crippen LogP contribution in [0.3, 0.4) is 0 Å². The molecule has 0 unspecified atom stereocenters. The van der Waals surface area contributed by atoms with E-state index in [0.717, 1.165) is 18.5 Å². The first-order valence-corrected chi connectivity index (χ1v) is 7.78. The monoisotopic (exact) mass is 302 g/mol. The number of methoxy groups -OCH3 is 1. The molecule has 0 bridgehead atoms. The average molecular weight is 302 g/mol. The van der Waals surface area contributed by atoms with Crippen molar-refractivity contribution in [1.29, 1.82) is 0 Å². The van der Waals surface area contributed by atoms with Crippen LogP contribution in [0.2, 0.25) is 0 Å². The molecule has 8 heteroatoms. The highest BCUT2D eigenvalue weighted by atomic mass is 32.2. The molecule has 0 saturated carbocycles. The lowest BCUT2D eigenvalue weighted by Gasteiger charge is -2.17. The number of hydrogen-bond donors (Lipinski definition) is 2. The minimum absolute atomic E-state index is 0.204. The van der Waals surface area contributed by atoms with Crippen LogP contribution in [-0.4, -0.2) is 52.0 Å². The first kappa shape index (κ1) is 16.8. The summed E-state index contributed by atoms with van der Waals surface area (Å²) in [6.45, 7) is 1.45. The molecule has 1 aromatic rings. The van der Waals surface area contributed by atoms with Gasteiger partial charge in [0.15, 0.2) is 0 Å². The third-order valence-electron chi connectivity index (χ3n) is 2.78. The van der Waals surface area contributed by atoms with Gasteiger partial charge < -0.3 is 10.1 Å². The van der Waals surface area contributed by atoms with Gasteiger partial charge in [-0.05, 0) is 25.6 Å². The Morgan fingerprint density at radius 3 is 2.70 bits per heavy atom. The van der Waals surface area contributed by atoms with Crippen molar-refractivity contribution < 1.29 is 13.2 Å². The summed E-state index contributed by atoms with van der Waals surface area (Å²) >= 11 is 0. The number of nitrogens with one attached hydrogen (secondary N) is 2. The van der Waals surface area contributed by atoms with Crippen LogP contribution in [0.1, 0.15) is 12.0 Å². The summed E-state index contributed by atoms with van der Waals surface area (Å²) in [7, 11) is 1.47. The van der Waals surface area contributed by atoms with Crippen molar-refractivity contribution in [2.75, 3.05) is 34.3 Å². The minimum Gasteiger partial charge on any atom is -0.481 e. The molecule has 20 heavy (non-hydrogen) atoms. The van der Waals surface area contributed by atoms with Gasteiger partial charge in [0.2, 0.25) is 5.88 Å². The number of hydrogen-bond acceptors (Lipinski definition) is 5. The molecular formula is C12H22N4O3S. The maximum Gasteiger partial charge on any atom is 0.279 e. The highest BCUT2D eigenvalue weighted by Gasteiger charge is 2.16. The van der Waals surface area contributed by atoms with Crippen molar-refractivity contribution in [3.8, 4) is 5.88 Å². The zero-order valence-corrected chi connectivity index (χ0v) is 12.9. The summed E-state index contributed by atoms with van der Waals surface area (Å²) in [5.74, 6) is 0.501. The van der Waals surface area contributed by atoms with E-state index < -0.39 is 10.2 Å². The zero-order valence-electron chi connectivity index (χ0n) is 12.1. The Morgan fingerprint density at radius 2 is 2.15 bits per heavy atom. The zero-order chi connectivity index (χ0) is 15.0. The Kier molecular flexibility index (Phi) is 6.86. The van der Waals surface area contributed by atoms with Crippen molar-refractivity contribution in [1.82, 2.24) is 19.3 Å². The van der Waals surface area contributed by atoms with Gasteiger partial charge in [-0.25, -0.2) is 4.98 Å². The van der Waals surface area contributed by atoms with Crippen LogP contribution < -0.4 is 14.8 Å². The minimum atomic E-state index is -3.46. The third-order valence-corrected chi connectivity index (χ3v) is 4.29. The Hall–Kier alpha value is -1.22. The number of rotatable bonds is 9. The van der Waals surface area contributed by atoms with Gasteiger partial charge in [0, 0.05) is 32.4 Å². The summed E-state index contributed by atoms with van der Waals surface area (Å²) in [5.41, 5.74) is 0.776. The number of pyridine rings is 1. The summed E-state index contributed by atoms with van der Waals surface area (Å²) in [4.78, 5) is 4.02. The summed E-state index contributed by atoms with van der Waals surface area (Å²) in [6.07, 6.45) is 2.35. The van der Waals surface area contributed by atoms with Gasteiger partial charge in [-0.15, -0.1) is 0 Å². The molecule has 0 aliphatic heterocycles. The van der Waals surface area contributed by atoms with E-state index in [-0.39, 0.29) is 6.54 Å². The lowest BCUT2D eigenvalue weighted by atomic mass is 10.3. The van der Waals surface area contributed by atoms with Crippen molar-refractivity contribution in [2.24, 2.45) is 0 Å². The van der Waals surface area contributed by atoms with Gasteiger partial charge in [0.1, 0.15) is 0 Å². The molecule has 1 aromatic heterocycles. The van der Waals surface area contributed by atoms with E-state index in [1.54, 1.807) is 25.4 Å². The van der Waals surface area contributed by atoms with Crippen LogP contribution in [0.15, 0.2) is 18.3 Å². The smallest absolute Gasteiger partial charge is 0.279 e. The number of ether oxygens (including phenoxy) is 1. The lowest BCUT2D eigenvalue weighted by molar-refractivity contribution is 0.397. The maximum absolute atomic E-state index is 12.0. The van der Waals surface area contributed by atoms with E-state index in [1.165, 1.54) is 11.4 Å². The Bertz CT molecular complexity index is 490. The molecule has 0 fully saturated rings. The molecule has 7 nitrogen and oxygen atoms in total. The van der Waals surface area contributed by atoms with Gasteiger partial charge in [0.05, 0.1) is 7.11 Å². The predicted octanol–water partition coefficient (Wildman–Crippen LogP) is -0.0341. The molecule has 1 rings (SSSR count). The van der Waals surface area contributed by atoms with Gasteiger partial charge in [-0.3, -0.25) is 0 Å². The van der Waals surface area contributed by atoms with Crippen LogP contribution >= 0.6 is 0 Å². The Morgan fingerprint density at radius 1 is 1.40 bits per heavy atom. The van der Waals surface area contributed by atoms with Gasteiger partial charge >= 0.3 is 0 Å². The maximum atomic E-state index is 12.0. The second-order valence-electron chi connectivity index (χ2n) is 4.31. The van der Waals surface area contributed by atoms with Gasteiger partial charge in [-0.2, -0.15) is 17.4 Å². The molecular weight excluding hydrogens is 280 g/mol.